The van der Waals surface area contributed by atoms with Crippen molar-refractivity contribution in [3.63, 3.8) is 0 Å². The van der Waals surface area contributed by atoms with Gasteiger partial charge < -0.3 is 19.9 Å². The highest BCUT2D eigenvalue weighted by atomic mass is 16.5. The molecule has 2 N–H and O–H groups in total. The van der Waals surface area contributed by atoms with Gasteiger partial charge in [0.25, 0.3) is 5.91 Å². The molecule has 2 heterocycles. The minimum absolute atomic E-state index is 0.0974. The zero-order chi connectivity index (χ0) is 20.9. The number of carbonyl (C=O) groups excluding carboxylic acids is 2. The van der Waals surface area contributed by atoms with Crippen LogP contribution in [0.4, 0.5) is 0 Å². The largest absolute Gasteiger partial charge is 0.376 e. The molecular formula is C23H26N4O3. The van der Waals surface area contributed by atoms with E-state index < -0.39 is 0 Å². The maximum Gasteiger partial charge on any atom is 0.251 e. The van der Waals surface area contributed by atoms with E-state index in [0.717, 1.165) is 36.0 Å². The summed E-state index contributed by atoms with van der Waals surface area (Å²) in [6, 6.07) is 15.1. The van der Waals surface area contributed by atoms with Gasteiger partial charge in [-0.2, -0.15) is 0 Å². The van der Waals surface area contributed by atoms with Crippen molar-refractivity contribution < 1.29 is 14.3 Å². The van der Waals surface area contributed by atoms with E-state index in [1.165, 1.54) is 0 Å². The summed E-state index contributed by atoms with van der Waals surface area (Å²) in [6.07, 6.45) is 2.11. The molecule has 0 bridgehead atoms. The molecule has 0 aliphatic carbocycles. The first-order chi connectivity index (χ1) is 14.6. The molecule has 1 aliphatic heterocycles. The summed E-state index contributed by atoms with van der Waals surface area (Å²) < 4.78 is 7.42. The van der Waals surface area contributed by atoms with Crippen LogP contribution in [0.3, 0.4) is 0 Å². The number of fused-ring (bicyclic) bond motifs is 1. The number of aromatic nitrogens is 2. The normalized spacial score (nSPS) is 16.0. The van der Waals surface area contributed by atoms with Gasteiger partial charge in [-0.1, -0.05) is 29.8 Å². The van der Waals surface area contributed by atoms with Crippen molar-refractivity contribution >= 4 is 22.8 Å². The maximum atomic E-state index is 12.6. The second-order valence-corrected chi connectivity index (χ2v) is 7.59. The molecule has 2 amide bonds. The Morgan fingerprint density at radius 2 is 1.93 bits per heavy atom. The Hall–Kier alpha value is -3.19. The predicted molar refractivity (Wildman–Crippen MR) is 114 cm³/mol. The number of imidazole rings is 1. The lowest BCUT2D eigenvalue weighted by molar-refractivity contribution is -0.122. The van der Waals surface area contributed by atoms with Crippen LogP contribution in [0.5, 0.6) is 0 Å². The summed E-state index contributed by atoms with van der Waals surface area (Å²) in [5.74, 6) is 0.375. The summed E-state index contributed by atoms with van der Waals surface area (Å²) in [6.45, 7) is 3.64. The minimum atomic E-state index is -0.170. The van der Waals surface area contributed by atoms with E-state index in [0.29, 0.717) is 17.9 Å². The molecular weight excluding hydrogens is 380 g/mol. The molecule has 7 nitrogen and oxygen atoms in total. The van der Waals surface area contributed by atoms with Crippen LogP contribution < -0.4 is 10.6 Å². The van der Waals surface area contributed by atoms with Crippen LogP contribution in [-0.2, 0) is 22.6 Å². The second-order valence-electron chi connectivity index (χ2n) is 7.59. The van der Waals surface area contributed by atoms with Crippen molar-refractivity contribution in [1.29, 1.82) is 0 Å². The van der Waals surface area contributed by atoms with E-state index in [4.69, 9.17) is 4.74 Å². The van der Waals surface area contributed by atoms with E-state index in [9.17, 15) is 9.59 Å². The molecule has 1 aromatic heterocycles. The number of ether oxygens (including phenoxy) is 1. The maximum absolute atomic E-state index is 12.6. The van der Waals surface area contributed by atoms with E-state index in [-0.39, 0.29) is 31.0 Å². The SMILES string of the molecule is Cc1ccc(C(=O)NCc2nc3ccccc3n2CC(=O)NCC2CCCO2)cc1. The Labute approximate surface area is 175 Å². The highest BCUT2D eigenvalue weighted by molar-refractivity contribution is 5.94. The first kappa shape index (κ1) is 20.1. The number of hydrogen-bond donors (Lipinski definition) is 2. The molecule has 1 aliphatic rings. The Morgan fingerprint density at radius 1 is 1.13 bits per heavy atom. The van der Waals surface area contributed by atoms with Gasteiger partial charge in [-0.3, -0.25) is 9.59 Å². The zero-order valence-electron chi connectivity index (χ0n) is 17.1. The summed E-state index contributed by atoms with van der Waals surface area (Å²) in [5.41, 5.74) is 3.35. The Kier molecular flexibility index (Phi) is 6.09. The van der Waals surface area contributed by atoms with Crippen LogP contribution in [0.15, 0.2) is 48.5 Å². The lowest BCUT2D eigenvalue weighted by Crippen LogP contribution is -2.34. The molecule has 30 heavy (non-hydrogen) atoms. The topological polar surface area (TPSA) is 85.2 Å². The average molecular weight is 406 g/mol. The summed E-state index contributed by atoms with van der Waals surface area (Å²) in [4.78, 5) is 29.7. The van der Waals surface area contributed by atoms with Crippen molar-refractivity contribution in [1.82, 2.24) is 20.2 Å². The lowest BCUT2D eigenvalue weighted by Gasteiger charge is -2.13. The molecule has 1 saturated heterocycles. The van der Waals surface area contributed by atoms with Gasteiger partial charge in [0.15, 0.2) is 0 Å². The monoisotopic (exact) mass is 406 g/mol. The number of nitrogens with one attached hydrogen (secondary N) is 2. The predicted octanol–water partition coefficient (Wildman–Crippen LogP) is 2.57. The van der Waals surface area contributed by atoms with Gasteiger partial charge in [0, 0.05) is 18.7 Å². The van der Waals surface area contributed by atoms with Crippen LogP contribution >= 0.6 is 0 Å². The number of para-hydroxylation sites is 2. The average Bonchev–Trinajstić information content (AvgIpc) is 3.39. The molecule has 1 fully saturated rings. The van der Waals surface area contributed by atoms with Gasteiger partial charge in [0.2, 0.25) is 5.91 Å². The molecule has 4 rings (SSSR count). The Balaban J connectivity index is 1.46. The lowest BCUT2D eigenvalue weighted by atomic mass is 10.1. The number of hydrogen-bond acceptors (Lipinski definition) is 4. The third kappa shape index (κ3) is 4.68. The number of amides is 2. The summed E-state index contributed by atoms with van der Waals surface area (Å²) >= 11 is 0. The van der Waals surface area contributed by atoms with Crippen molar-refractivity contribution in [3.8, 4) is 0 Å². The van der Waals surface area contributed by atoms with E-state index in [2.05, 4.69) is 15.6 Å². The number of nitrogens with zero attached hydrogens (tertiary/aromatic N) is 2. The molecule has 1 atom stereocenters. The number of carbonyl (C=O) groups is 2. The third-order valence-electron chi connectivity index (χ3n) is 5.31. The molecule has 1 unspecified atom stereocenters. The molecule has 156 valence electrons. The Bertz CT molecular complexity index is 1040. The van der Waals surface area contributed by atoms with Gasteiger partial charge in [-0.25, -0.2) is 4.98 Å². The number of aryl methyl sites for hydroxylation is 1. The van der Waals surface area contributed by atoms with Crippen molar-refractivity contribution in [3.05, 3.63) is 65.5 Å². The first-order valence-corrected chi connectivity index (χ1v) is 10.3. The summed E-state index contributed by atoms with van der Waals surface area (Å²) in [7, 11) is 0. The molecule has 2 aromatic carbocycles. The molecule has 7 heteroatoms. The van der Waals surface area contributed by atoms with Gasteiger partial charge in [0.1, 0.15) is 12.4 Å². The fraction of sp³-hybridized carbons (Fsp3) is 0.348. The van der Waals surface area contributed by atoms with Crippen LogP contribution in [-0.4, -0.2) is 40.6 Å². The Morgan fingerprint density at radius 3 is 2.70 bits per heavy atom. The van der Waals surface area contributed by atoms with Crippen LogP contribution in [0.25, 0.3) is 11.0 Å². The van der Waals surface area contributed by atoms with E-state index in [1.54, 1.807) is 12.1 Å². The fourth-order valence-corrected chi connectivity index (χ4v) is 3.64. The van der Waals surface area contributed by atoms with Gasteiger partial charge in [-0.15, -0.1) is 0 Å². The minimum Gasteiger partial charge on any atom is -0.376 e. The van der Waals surface area contributed by atoms with Gasteiger partial charge in [0.05, 0.1) is 23.7 Å². The first-order valence-electron chi connectivity index (χ1n) is 10.3. The zero-order valence-corrected chi connectivity index (χ0v) is 17.1. The fourth-order valence-electron chi connectivity index (χ4n) is 3.64. The van der Waals surface area contributed by atoms with Crippen LogP contribution in [0.2, 0.25) is 0 Å². The molecule has 0 radical (unpaired) electrons. The molecule has 0 spiro atoms. The van der Waals surface area contributed by atoms with E-state index in [1.807, 2.05) is 47.9 Å². The molecule has 0 saturated carbocycles. The second kappa shape index (κ2) is 9.09. The highest BCUT2D eigenvalue weighted by Gasteiger charge is 2.18. The van der Waals surface area contributed by atoms with Crippen molar-refractivity contribution in [2.24, 2.45) is 0 Å². The molecule has 3 aromatic rings. The van der Waals surface area contributed by atoms with Gasteiger partial charge in [-0.05, 0) is 44.0 Å². The third-order valence-corrected chi connectivity index (χ3v) is 5.31. The van der Waals surface area contributed by atoms with Crippen LogP contribution in [0.1, 0.15) is 34.6 Å². The summed E-state index contributed by atoms with van der Waals surface area (Å²) in [5, 5.41) is 5.86. The van der Waals surface area contributed by atoms with Crippen molar-refractivity contribution in [2.75, 3.05) is 13.2 Å². The van der Waals surface area contributed by atoms with Gasteiger partial charge >= 0.3 is 0 Å². The smallest absolute Gasteiger partial charge is 0.251 e. The van der Waals surface area contributed by atoms with E-state index >= 15 is 0 Å². The number of rotatable bonds is 7. The highest BCUT2D eigenvalue weighted by Crippen LogP contribution is 2.16. The van der Waals surface area contributed by atoms with Crippen molar-refractivity contribution in [2.45, 2.75) is 39.0 Å². The van der Waals surface area contributed by atoms with Crippen LogP contribution in [0, 0.1) is 6.92 Å². The standard InChI is InChI=1S/C23H26N4O3/c1-16-8-10-17(11-9-16)23(29)25-14-21-26-19-6-2-3-7-20(19)27(21)15-22(28)24-13-18-5-4-12-30-18/h2-3,6-11,18H,4-5,12-15H2,1H3,(H,24,28)(H,25,29). The quantitative estimate of drug-likeness (QED) is 0.632. The number of benzene rings is 2.